The van der Waals surface area contributed by atoms with Crippen LogP contribution in [0.3, 0.4) is 0 Å². The van der Waals surface area contributed by atoms with Gasteiger partial charge in [0.25, 0.3) is 0 Å². The molecule has 1 fully saturated rings. The largest absolute Gasteiger partial charge is 0.310 e. The van der Waals surface area contributed by atoms with E-state index in [-0.39, 0.29) is 11.5 Å². The van der Waals surface area contributed by atoms with E-state index >= 15 is 0 Å². The van der Waals surface area contributed by atoms with Gasteiger partial charge in [-0.05, 0) is 49.4 Å². The van der Waals surface area contributed by atoms with Crippen LogP contribution in [-0.4, -0.2) is 21.5 Å². The summed E-state index contributed by atoms with van der Waals surface area (Å²) in [5, 5.41) is 3.30. The van der Waals surface area contributed by atoms with Crippen LogP contribution in [-0.2, 0) is 10.0 Å². The van der Waals surface area contributed by atoms with Gasteiger partial charge in [0.1, 0.15) is 0 Å². The van der Waals surface area contributed by atoms with Crippen molar-refractivity contribution in [2.75, 3.05) is 13.1 Å². The lowest BCUT2D eigenvalue weighted by atomic mass is 9.71. The number of sulfonamides is 1. The molecule has 0 amide bonds. The van der Waals surface area contributed by atoms with E-state index in [0.717, 1.165) is 24.9 Å². The Balaban J connectivity index is 2.10. The highest BCUT2D eigenvalue weighted by Gasteiger charge is 2.33. The van der Waals surface area contributed by atoms with Crippen LogP contribution >= 0.6 is 0 Å². The molecule has 118 valence electrons. The zero-order chi connectivity index (χ0) is 15.5. The summed E-state index contributed by atoms with van der Waals surface area (Å²) in [6.45, 7) is 7.61. The summed E-state index contributed by atoms with van der Waals surface area (Å²) in [4.78, 5) is 0.354. The van der Waals surface area contributed by atoms with E-state index in [2.05, 4.69) is 17.0 Å². The van der Waals surface area contributed by atoms with Gasteiger partial charge in [0.2, 0.25) is 10.0 Å². The van der Waals surface area contributed by atoms with Gasteiger partial charge in [-0.3, -0.25) is 0 Å². The molecule has 0 spiro atoms. The van der Waals surface area contributed by atoms with Crippen LogP contribution in [0.4, 0.5) is 0 Å². The Kier molecular flexibility index (Phi) is 5.07. The molecule has 0 heterocycles. The maximum absolute atomic E-state index is 12.4. The zero-order valence-electron chi connectivity index (χ0n) is 13.1. The van der Waals surface area contributed by atoms with Crippen molar-refractivity contribution in [1.82, 2.24) is 10.0 Å². The lowest BCUT2D eigenvalue weighted by molar-refractivity contribution is 0.166. The molecule has 4 nitrogen and oxygen atoms in total. The first-order valence-corrected chi connectivity index (χ1v) is 9.18. The number of hydrogen-bond donors (Lipinski definition) is 2. The van der Waals surface area contributed by atoms with E-state index in [4.69, 9.17) is 0 Å². The normalized spacial score (nSPS) is 19.0. The average molecular weight is 310 g/mol. The van der Waals surface area contributed by atoms with Crippen LogP contribution in [0.2, 0.25) is 0 Å². The fraction of sp³-hybridized carbons (Fsp3) is 0.625. The Morgan fingerprint density at radius 1 is 1.33 bits per heavy atom. The Hall–Kier alpha value is -0.910. The summed E-state index contributed by atoms with van der Waals surface area (Å²) < 4.78 is 27.6. The monoisotopic (exact) mass is 310 g/mol. The molecular formula is C16H26N2O2S. The summed E-state index contributed by atoms with van der Waals surface area (Å²) in [5.41, 5.74) is 1.14. The standard InChI is InChI=1S/C16H26N2O2S/c1-4-17-13(2)14-7-5-8-15(11-14)21(19,20)18-12-16(3)9-6-10-16/h5,7-8,11,13,17-18H,4,6,9-10,12H2,1-3H3. The van der Waals surface area contributed by atoms with Crippen molar-refractivity contribution in [2.45, 2.75) is 51.0 Å². The minimum Gasteiger partial charge on any atom is -0.310 e. The van der Waals surface area contributed by atoms with E-state index in [9.17, 15) is 8.42 Å². The van der Waals surface area contributed by atoms with Gasteiger partial charge in [-0.25, -0.2) is 13.1 Å². The Morgan fingerprint density at radius 2 is 2.05 bits per heavy atom. The van der Waals surface area contributed by atoms with Crippen LogP contribution in [0.1, 0.15) is 51.6 Å². The maximum atomic E-state index is 12.4. The molecule has 1 atom stereocenters. The highest BCUT2D eigenvalue weighted by molar-refractivity contribution is 7.89. The molecule has 2 N–H and O–H groups in total. The van der Waals surface area contributed by atoms with Crippen molar-refractivity contribution in [2.24, 2.45) is 5.41 Å². The predicted octanol–water partition coefficient (Wildman–Crippen LogP) is 2.83. The molecule has 1 aromatic carbocycles. The molecule has 1 aliphatic carbocycles. The highest BCUT2D eigenvalue weighted by atomic mass is 32.2. The first-order chi connectivity index (χ1) is 9.86. The molecule has 21 heavy (non-hydrogen) atoms. The molecule has 1 aliphatic rings. The summed E-state index contributed by atoms with van der Waals surface area (Å²) in [6.07, 6.45) is 3.41. The fourth-order valence-electron chi connectivity index (χ4n) is 2.68. The summed E-state index contributed by atoms with van der Waals surface area (Å²) in [5.74, 6) is 0. The summed E-state index contributed by atoms with van der Waals surface area (Å²) in [6, 6.07) is 7.34. The number of rotatable bonds is 7. The summed E-state index contributed by atoms with van der Waals surface area (Å²) >= 11 is 0. The Morgan fingerprint density at radius 3 is 2.62 bits per heavy atom. The van der Waals surface area contributed by atoms with Gasteiger partial charge in [0, 0.05) is 12.6 Å². The van der Waals surface area contributed by atoms with E-state index < -0.39 is 10.0 Å². The van der Waals surface area contributed by atoms with Crippen molar-refractivity contribution in [3.05, 3.63) is 29.8 Å². The lowest BCUT2D eigenvalue weighted by Gasteiger charge is -2.38. The molecule has 0 bridgehead atoms. The van der Waals surface area contributed by atoms with Gasteiger partial charge >= 0.3 is 0 Å². The second kappa shape index (κ2) is 6.46. The topological polar surface area (TPSA) is 58.2 Å². The zero-order valence-corrected chi connectivity index (χ0v) is 14.0. The predicted molar refractivity (Wildman–Crippen MR) is 85.7 cm³/mol. The second-order valence-corrected chi connectivity index (χ2v) is 8.11. The number of benzene rings is 1. The molecule has 0 aliphatic heterocycles. The Labute approximate surface area is 128 Å². The van der Waals surface area contributed by atoms with Crippen molar-refractivity contribution in [1.29, 1.82) is 0 Å². The van der Waals surface area contributed by atoms with E-state index in [0.29, 0.717) is 11.4 Å². The third kappa shape index (κ3) is 4.05. The quantitative estimate of drug-likeness (QED) is 0.814. The molecule has 0 saturated heterocycles. The van der Waals surface area contributed by atoms with Crippen LogP contribution < -0.4 is 10.0 Å². The van der Waals surface area contributed by atoms with Gasteiger partial charge in [0.05, 0.1) is 4.90 Å². The van der Waals surface area contributed by atoms with Crippen LogP contribution in [0.5, 0.6) is 0 Å². The van der Waals surface area contributed by atoms with E-state index in [1.54, 1.807) is 12.1 Å². The minimum absolute atomic E-state index is 0.141. The van der Waals surface area contributed by atoms with E-state index in [1.807, 2.05) is 26.0 Å². The highest BCUT2D eigenvalue weighted by Crippen LogP contribution is 2.39. The molecule has 0 aromatic heterocycles. The van der Waals surface area contributed by atoms with Crippen molar-refractivity contribution in [3.8, 4) is 0 Å². The number of nitrogens with one attached hydrogen (secondary N) is 2. The molecule has 1 aromatic rings. The molecule has 0 radical (unpaired) electrons. The third-order valence-electron chi connectivity index (χ3n) is 4.43. The van der Waals surface area contributed by atoms with Crippen LogP contribution in [0.15, 0.2) is 29.2 Å². The first kappa shape index (κ1) is 16.5. The van der Waals surface area contributed by atoms with Gasteiger partial charge in [0.15, 0.2) is 0 Å². The molecular weight excluding hydrogens is 284 g/mol. The molecule has 1 saturated carbocycles. The maximum Gasteiger partial charge on any atom is 0.240 e. The van der Waals surface area contributed by atoms with Crippen LogP contribution in [0, 0.1) is 5.41 Å². The summed E-state index contributed by atoms with van der Waals surface area (Å²) in [7, 11) is -3.42. The molecule has 1 unspecified atom stereocenters. The van der Waals surface area contributed by atoms with Gasteiger partial charge in [-0.2, -0.15) is 0 Å². The van der Waals surface area contributed by atoms with Crippen molar-refractivity contribution >= 4 is 10.0 Å². The average Bonchev–Trinajstić information content (AvgIpc) is 2.43. The van der Waals surface area contributed by atoms with Gasteiger partial charge < -0.3 is 5.32 Å². The Bertz CT molecular complexity index is 580. The SMILES string of the molecule is CCNC(C)c1cccc(S(=O)(=O)NCC2(C)CCC2)c1. The molecule has 2 rings (SSSR count). The second-order valence-electron chi connectivity index (χ2n) is 6.34. The third-order valence-corrected chi connectivity index (χ3v) is 5.83. The van der Waals surface area contributed by atoms with Crippen molar-refractivity contribution < 1.29 is 8.42 Å². The number of hydrogen-bond acceptors (Lipinski definition) is 3. The smallest absolute Gasteiger partial charge is 0.240 e. The fourth-order valence-corrected chi connectivity index (χ4v) is 3.94. The van der Waals surface area contributed by atoms with Crippen molar-refractivity contribution in [3.63, 3.8) is 0 Å². The minimum atomic E-state index is -3.42. The van der Waals surface area contributed by atoms with Crippen LogP contribution in [0.25, 0.3) is 0 Å². The van der Waals surface area contributed by atoms with E-state index in [1.165, 1.54) is 6.42 Å². The van der Waals surface area contributed by atoms with Gasteiger partial charge in [-0.1, -0.05) is 32.4 Å². The molecule has 5 heteroatoms. The first-order valence-electron chi connectivity index (χ1n) is 7.69. The lowest BCUT2D eigenvalue weighted by Crippen LogP contribution is -2.39. The van der Waals surface area contributed by atoms with Gasteiger partial charge in [-0.15, -0.1) is 0 Å².